The summed E-state index contributed by atoms with van der Waals surface area (Å²) >= 11 is 0. The number of nitrogens with one attached hydrogen (secondary N) is 2. The van der Waals surface area contributed by atoms with Gasteiger partial charge in [-0.2, -0.15) is 5.10 Å². The van der Waals surface area contributed by atoms with Gasteiger partial charge in [0.15, 0.2) is 5.69 Å². The van der Waals surface area contributed by atoms with Crippen molar-refractivity contribution < 1.29 is 19.1 Å². The number of carbonyl (C=O) groups is 3. The van der Waals surface area contributed by atoms with Crippen LogP contribution in [0.15, 0.2) is 30.3 Å². The molecule has 4 rings (SSSR count). The Morgan fingerprint density at radius 2 is 1.91 bits per heavy atom. The van der Waals surface area contributed by atoms with Gasteiger partial charge in [0.1, 0.15) is 17.0 Å². The van der Waals surface area contributed by atoms with Crippen molar-refractivity contribution in [1.82, 2.24) is 25.3 Å². The van der Waals surface area contributed by atoms with Gasteiger partial charge in [-0.05, 0) is 43.9 Å². The summed E-state index contributed by atoms with van der Waals surface area (Å²) in [5, 5.41) is 10.4. The first-order chi connectivity index (χ1) is 16.4. The van der Waals surface area contributed by atoms with Gasteiger partial charge in [-0.3, -0.25) is 19.1 Å². The molecule has 1 atom stereocenters. The van der Waals surface area contributed by atoms with Crippen molar-refractivity contribution in [3.63, 3.8) is 0 Å². The number of amides is 3. The minimum Gasteiger partial charge on any atom is -0.497 e. The molecule has 2 N–H and O–H groups in total. The van der Waals surface area contributed by atoms with Crippen LogP contribution < -0.4 is 15.4 Å². The van der Waals surface area contributed by atoms with Crippen LogP contribution in [0.2, 0.25) is 0 Å². The topological polar surface area (TPSA) is 106 Å². The van der Waals surface area contributed by atoms with Gasteiger partial charge in [0, 0.05) is 25.2 Å². The maximum Gasteiger partial charge on any atom is 0.273 e. The first kappa shape index (κ1) is 23.8. The Morgan fingerprint density at radius 1 is 1.21 bits per heavy atom. The molecule has 9 heteroatoms. The van der Waals surface area contributed by atoms with Gasteiger partial charge in [-0.1, -0.05) is 31.9 Å². The smallest absolute Gasteiger partial charge is 0.273 e. The van der Waals surface area contributed by atoms with E-state index in [-0.39, 0.29) is 36.0 Å². The lowest BCUT2D eigenvalue weighted by Gasteiger charge is -2.43. The Bertz CT molecular complexity index is 1060. The molecular weight excluding hydrogens is 434 g/mol. The highest BCUT2D eigenvalue weighted by Gasteiger charge is 2.48. The molecule has 0 bridgehead atoms. The van der Waals surface area contributed by atoms with Gasteiger partial charge in [0.2, 0.25) is 5.91 Å². The number of benzene rings is 1. The van der Waals surface area contributed by atoms with Crippen molar-refractivity contribution in [3.05, 3.63) is 47.3 Å². The highest BCUT2D eigenvalue weighted by Crippen LogP contribution is 2.29. The Balaban J connectivity index is 1.51. The highest BCUT2D eigenvalue weighted by atomic mass is 16.5. The van der Waals surface area contributed by atoms with E-state index in [1.807, 2.05) is 31.2 Å². The molecule has 1 saturated carbocycles. The van der Waals surface area contributed by atoms with Gasteiger partial charge >= 0.3 is 0 Å². The summed E-state index contributed by atoms with van der Waals surface area (Å²) < 4.78 is 6.66. The van der Waals surface area contributed by atoms with E-state index in [1.165, 1.54) is 10.7 Å². The van der Waals surface area contributed by atoms with E-state index in [0.29, 0.717) is 18.8 Å². The fourth-order valence-corrected chi connectivity index (χ4v) is 4.75. The molecular formula is C25H33N5O4. The molecule has 1 aliphatic heterocycles. The van der Waals surface area contributed by atoms with Crippen molar-refractivity contribution in [1.29, 1.82) is 0 Å². The fourth-order valence-electron chi connectivity index (χ4n) is 4.75. The zero-order chi connectivity index (χ0) is 24.3. The normalized spacial score (nSPS) is 20.2. The quantitative estimate of drug-likeness (QED) is 0.621. The van der Waals surface area contributed by atoms with Crippen molar-refractivity contribution >= 4 is 17.7 Å². The second kappa shape index (κ2) is 9.87. The summed E-state index contributed by atoms with van der Waals surface area (Å²) in [6.45, 7) is 4.75. The monoisotopic (exact) mass is 467 g/mol. The lowest BCUT2D eigenvalue weighted by Crippen LogP contribution is -2.65. The van der Waals surface area contributed by atoms with Gasteiger partial charge in [0.25, 0.3) is 11.8 Å². The van der Waals surface area contributed by atoms with Crippen LogP contribution in [-0.2, 0) is 17.9 Å². The zero-order valence-corrected chi connectivity index (χ0v) is 20.1. The number of ether oxygens (including phenoxy) is 1. The van der Waals surface area contributed by atoms with Gasteiger partial charge in [0.05, 0.1) is 13.7 Å². The van der Waals surface area contributed by atoms with Crippen LogP contribution in [0.25, 0.3) is 0 Å². The summed E-state index contributed by atoms with van der Waals surface area (Å²) in [5.74, 6) is -0.0663. The number of methoxy groups -OCH3 is 1. The Labute approximate surface area is 199 Å². The summed E-state index contributed by atoms with van der Waals surface area (Å²) in [6, 6.07) is 9.07. The molecule has 3 amide bonds. The fraction of sp³-hybridized carbons (Fsp3) is 0.520. The largest absolute Gasteiger partial charge is 0.497 e. The maximum absolute atomic E-state index is 13.4. The first-order valence-electron chi connectivity index (χ1n) is 12.0. The van der Waals surface area contributed by atoms with Gasteiger partial charge < -0.3 is 20.3 Å². The van der Waals surface area contributed by atoms with E-state index >= 15 is 0 Å². The van der Waals surface area contributed by atoms with E-state index in [9.17, 15) is 14.4 Å². The maximum atomic E-state index is 13.4. The molecule has 9 nitrogen and oxygen atoms in total. The minimum atomic E-state index is -1.06. The van der Waals surface area contributed by atoms with Crippen molar-refractivity contribution in [3.8, 4) is 5.75 Å². The van der Waals surface area contributed by atoms with Crippen LogP contribution in [0.4, 0.5) is 0 Å². The molecule has 0 radical (unpaired) electrons. The van der Waals surface area contributed by atoms with E-state index in [4.69, 9.17) is 4.74 Å². The zero-order valence-electron chi connectivity index (χ0n) is 20.1. The third kappa shape index (κ3) is 4.64. The Kier molecular flexibility index (Phi) is 6.90. The van der Waals surface area contributed by atoms with E-state index in [1.54, 1.807) is 18.9 Å². The number of hydrogen-bond donors (Lipinski definition) is 2. The Morgan fingerprint density at radius 3 is 2.56 bits per heavy atom. The molecule has 182 valence electrons. The standard InChI is InChI=1S/C25H33N5O4/c1-4-13-29-23(32)21-14-20(22(31)26-15-17-9-11-19(34-3)12-10-17)28-30(21)16-25(29,2)24(33)27-18-7-5-6-8-18/h9-12,14,18H,4-8,13,15-16H2,1-3H3,(H,26,31)(H,27,33)/t25-/m1/s1. The molecule has 0 spiro atoms. The van der Waals surface area contributed by atoms with E-state index in [2.05, 4.69) is 15.7 Å². The number of aromatic nitrogens is 2. The predicted octanol–water partition coefficient (Wildman–Crippen LogP) is 2.51. The number of nitrogens with zero attached hydrogens (tertiary/aromatic N) is 3. The van der Waals surface area contributed by atoms with Crippen LogP contribution in [0.3, 0.4) is 0 Å². The number of rotatable bonds is 8. The molecule has 0 saturated heterocycles. The molecule has 0 unspecified atom stereocenters. The Hall–Kier alpha value is -3.36. The highest BCUT2D eigenvalue weighted by molar-refractivity contribution is 6.01. The minimum absolute atomic E-state index is 0.154. The SMILES string of the molecule is CCCN1C(=O)c2cc(C(=O)NCc3ccc(OC)cc3)nn2C[C@]1(C)C(=O)NC1CCCC1. The van der Waals surface area contributed by atoms with E-state index in [0.717, 1.165) is 43.4 Å². The van der Waals surface area contributed by atoms with Crippen molar-refractivity contribution in [2.75, 3.05) is 13.7 Å². The average Bonchev–Trinajstić information content (AvgIpc) is 3.50. The molecule has 1 aromatic heterocycles. The first-order valence-corrected chi connectivity index (χ1v) is 12.0. The molecule has 34 heavy (non-hydrogen) atoms. The molecule has 1 fully saturated rings. The van der Waals surface area contributed by atoms with Gasteiger partial charge in [-0.15, -0.1) is 0 Å². The molecule has 2 aliphatic rings. The van der Waals surface area contributed by atoms with Crippen LogP contribution in [-0.4, -0.2) is 57.6 Å². The second-order valence-corrected chi connectivity index (χ2v) is 9.29. The lowest BCUT2D eigenvalue weighted by molar-refractivity contribution is -0.133. The third-order valence-corrected chi connectivity index (χ3v) is 6.77. The summed E-state index contributed by atoms with van der Waals surface area (Å²) in [7, 11) is 1.60. The summed E-state index contributed by atoms with van der Waals surface area (Å²) in [4.78, 5) is 41.1. The van der Waals surface area contributed by atoms with Crippen LogP contribution >= 0.6 is 0 Å². The van der Waals surface area contributed by atoms with Gasteiger partial charge in [-0.25, -0.2) is 0 Å². The van der Waals surface area contributed by atoms with E-state index < -0.39 is 5.54 Å². The molecule has 1 aliphatic carbocycles. The second-order valence-electron chi connectivity index (χ2n) is 9.29. The third-order valence-electron chi connectivity index (χ3n) is 6.77. The van der Waals surface area contributed by atoms with Crippen molar-refractivity contribution in [2.24, 2.45) is 0 Å². The summed E-state index contributed by atoms with van der Waals surface area (Å²) in [6.07, 6.45) is 4.88. The van der Waals surface area contributed by atoms with Crippen molar-refractivity contribution in [2.45, 2.75) is 70.6 Å². The van der Waals surface area contributed by atoms with Crippen LogP contribution in [0, 0.1) is 0 Å². The molecule has 2 aromatic rings. The average molecular weight is 468 g/mol. The predicted molar refractivity (Wildman–Crippen MR) is 127 cm³/mol. The molecule has 1 aromatic carbocycles. The van der Waals surface area contributed by atoms with Crippen LogP contribution in [0.1, 0.15) is 72.5 Å². The number of carbonyl (C=O) groups excluding carboxylic acids is 3. The summed E-state index contributed by atoms with van der Waals surface area (Å²) in [5.41, 5.74) is 0.341. The number of hydrogen-bond acceptors (Lipinski definition) is 5. The number of fused-ring (bicyclic) bond motifs is 1. The lowest BCUT2D eigenvalue weighted by atomic mass is 9.94. The molecule has 2 heterocycles. The van der Waals surface area contributed by atoms with Crippen LogP contribution in [0.5, 0.6) is 5.75 Å².